The second-order valence-corrected chi connectivity index (χ2v) is 11.5. The number of carbonyl (C=O) groups excluding carboxylic acids is 1. The van der Waals surface area contributed by atoms with E-state index in [0.717, 1.165) is 44.3 Å². The molecule has 0 spiro atoms. The van der Waals surface area contributed by atoms with E-state index in [2.05, 4.69) is 10.2 Å². The number of carbonyl (C=O) groups is 1. The van der Waals surface area contributed by atoms with Crippen LogP contribution >= 0.6 is 11.6 Å². The highest BCUT2D eigenvalue weighted by Crippen LogP contribution is 2.24. The van der Waals surface area contributed by atoms with E-state index >= 15 is 0 Å². The van der Waals surface area contributed by atoms with Crippen LogP contribution in [0.1, 0.15) is 47.6 Å². The number of benzene rings is 2. The first-order chi connectivity index (χ1) is 16.9. The fraction of sp³-hybridized carbons (Fsp3) is 0.500. The van der Waals surface area contributed by atoms with Crippen molar-refractivity contribution in [3.8, 4) is 0 Å². The number of hydrogen-bond donors (Lipinski definition) is 1. The summed E-state index contributed by atoms with van der Waals surface area (Å²) in [4.78, 5) is 15.5. The Balaban J connectivity index is 1.41. The maximum Gasteiger partial charge on any atom is 0.243 e. The van der Waals surface area contributed by atoms with E-state index in [1.807, 2.05) is 24.3 Å². The Bertz CT molecular complexity index is 1080. The van der Waals surface area contributed by atoms with Crippen molar-refractivity contribution >= 4 is 27.4 Å². The van der Waals surface area contributed by atoms with Crippen molar-refractivity contribution in [2.75, 3.05) is 52.5 Å². The van der Waals surface area contributed by atoms with Crippen molar-refractivity contribution in [3.05, 3.63) is 64.7 Å². The van der Waals surface area contributed by atoms with Gasteiger partial charge in [0.1, 0.15) is 0 Å². The maximum absolute atomic E-state index is 13.1. The van der Waals surface area contributed by atoms with E-state index in [1.54, 1.807) is 22.5 Å². The lowest BCUT2D eigenvalue weighted by Crippen LogP contribution is -2.43. The predicted octanol–water partition coefficient (Wildman–Crippen LogP) is 3.75. The van der Waals surface area contributed by atoms with Crippen LogP contribution in [-0.2, 0) is 14.8 Å². The number of nitrogens with zero attached hydrogens (tertiary/aromatic N) is 2. The second-order valence-electron chi connectivity index (χ2n) is 9.12. The molecule has 190 valence electrons. The van der Waals surface area contributed by atoms with Gasteiger partial charge in [-0.1, -0.05) is 48.7 Å². The van der Waals surface area contributed by atoms with Crippen LogP contribution in [0.2, 0.25) is 5.02 Å². The van der Waals surface area contributed by atoms with E-state index < -0.39 is 10.0 Å². The standard InChI is InChI=1S/C26H34ClN3O4S/c27-23-10-8-21(9-11-23)25(29-14-16-34-17-15-29)19-28-20-26(31)22-6-5-7-24(18-22)35(32,33)30-12-3-1-2-4-13-30/h5-11,18,25,28H,1-4,12-17,19-20H2. The van der Waals surface area contributed by atoms with Gasteiger partial charge in [-0.25, -0.2) is 8.42 Å². The van der Waals surface area contributed by atoms with Crippen molar-refractivity contribution in [1.82, 2.24) is 14.5 Å². The zero-order chi connectivity index (χ0) is 24.7. The van der Waals surface area contributed by atoms with E-state index in [-0.39, 0.29) is 23.3 Å². The van der Waals surface area contributed by atoms with E-state index in [0.29, 0.717) is 43.4 Å². The molecule has 0 radical (unpaired) electrons. The molecule has 1 unspecified atom stereocenters. The van der Waals surface area contributed by atoms with E-state index in [9.17, 15) is 13.2 Å². The van der Waals surface area contributed by atoms with Crippen LogP contribution in [0.25, 0.3) is 0 Å². The molecule has 2 aliphatic heterocycles. The number of rotatable bonds is 9. The highest BCUT2D eigenvalue weighted by atomic mass is 35.5. The first-order valence-electron chi connectivity index (χ1n) is 12.4. The molecule has 1 N–H and O–H groups in total. The molecule has 0 aliphatic carbocycles. The Morgan fingerprint density at radius 2 is 1.66 bits per heavy atom. The summed E-state index contributed by atoms with van der Waals surface area (Å²) in [6, 6.07) is 14.3. The predicted molar refractivity (Wildman–Crippen MR) is 137 cm³/mol. The molecule has 2 saturated heterocycles. The summed E-state index contributed by atoms with van der Waals surface area (Å²) < 4.78 is 33.4. The highest BCUT2D eigenvalue weighted by molar-refractivity contribution is 7.89. The fourth-order valence-corrected chi connectivity index (χ4v) is 6.41. The average molecular weight is 520 g/mol. The minimum absolute atomic E-state index is 0.0821. The fourth-order valence-electron chi connectivity index (χ4n) is 4.72. The third kappa shape index (κ3) is 6.90. The van der Waals surface area contributed by atoms with Crippen molar-refractivity contribution in [2.45, 2.75) is 36.6 Å². The normalized spacial score (nSPS) is 19.2. The molecule has 0 bridgehead atoms. The topological polar surface area (TPSA) is 79.0 Å². The van der Waals surface area contributed by atoms with Gasteiger partial charge in [-0.05, 0) is 42.7 Å². The van der Waals surface area contributed by atoms with Gasteiger partial charge in [0.05, 0.1) is 24.7 Å². The van der Waals surface area contributed by atoms with Gasteiger partial charge in [0, 0.05) is 49.4 Å². The zero-order valence-corrected chi connectivity index (χ0v) is 21.6. The molecule has 35 heavy (non-hydrogen) atoms. The Kier molecular flexibility index (Phi) is 9.33. The highest BCUT2D eigenvalue weighted by Gasteiger charge is 2.26. The summed E-state index contributed by atoms with van der Waals surface area (Å²) in [7, 11) is -3.60. The second kappa shape index (κ2) is 12.4. The molecule has 7 nitrogen and oxygen atoms in total. The van der Waals surface area contributed by atoms with Crippen LogP contribution in [0.15, 0.2) is 53.4 Å². The largest absolute Gasteiger partial charge is 0.379 e. The maximum atomic E-state index is 13.1. The lowest BCUT2D eigenvalue weighted by molar-refractivity contribution is 0.0162. The van der Waals surface area contributed by atoms with Gasteiger partial charge in [0.25, 0.3) is 0 Å². The van der Waals surface area contributed by atoms with Crippen LogP contribution in [0.5, 0.6) is 0 Å². The molecule has 0 saturated carbocycles. The molecule has 9 heteroatoms. The van der Waals surface area contributed by atoms with Gasteiger partial charge >= 0.3 is 0 Å². The number of ether oxygens (including phenoxy) is 1. The zero-order valence-electron chi connectivity index (χ0n) is 20.0. The van der Waals surface area contributed by atoms with Gasteiger partial charge in [-0.3, -0.25) is 9.69 Å². The molecule has 2 aromatic carbocycles. The molecule has 1 atom stereocenters. The van der Waals surface area contributed by atoms with Gasteiger partial charge in [-0.2, -0.15) is 4.31 Å². The van der Waals surface area contributed by atoms with Crippen LogP contribution in [0.3, 0.4) is 0 Å². The molecule has 2 heterocycles. The number of Topliss-reactive ketones (excluding diaryl/α,β-unsaturated/α-hetero) is 1. The summed E-state index contributed by atoms with van der Waals surface area (Å²) in [5.74, 6) is -0.130. The number of ketones is 1. The van der Waals surface area contributed by atoms with E-state index in [4.69, 9.17) is 16.3 Å². The molecule has 2 aromatic rings. The first-order valence-corrected chi connectivity index (χ1v) is 14.2. The molecule has 2 fully saturated rings. The Hall–Kier alpha value is -1.81. The van der Waals surface area contributed by atoms with Crippen molar-refractivity contribution in [2.24, 2.45) is 0 Å². The minimum atomic E-state index is -3.60. The number of nitrogens with one attached hydrogen (secondary N) is 1. The SMILES string of the molecule is O=C(CNCC(c1ccc(Cl)cc1)N1CCOCC1)c1cccc(S(=O)(=O)N2CCCCCC2)c1. The number of morpholine rings is 1. The summed E-state index contributed by atoms with van der Waals surface area (Å²) in [6.45, 7) is 4.79. The number of hydrogen-bond acceptors (Lipinski definition) is 6. The number of halogens is 1. The summed E-state index contributed by atoms with van der Waals surface area (Å²) in [6.07, 6.45) is 3.86. The smallest absolute Gasteiger partial charge is 0.243 e. The first kappa shape index (κ1) is 26.3. The van der Waals surface area contributed by atoms with Crippen LogP contribution in [-0.4, -0.2) is 75.9 Å². The lowest BCUT2D eigenvalue weighted by Gasteiger charge is -2.35. The van der Waals surface area contributed by atoms with Gasteiger partial charge in [-0.15, -0.1) is 0 Å². The summed E-state index contributed by atoms with van der Waals surface area (Å²) in [5.41, 5.74) is 1.53. The molecule has 2 aliphatic rings. The third-order valence-corrected chi connectivity index (χ3v) is 8.87. The molecule has 0 amide bonds. The van der Waals surface area contributed by atoms with Crippen LogP contribution < -0.4 is 5.32 Å². The van der Waals surface area contributed by atoms with Crippen LogP contribution in [0, 0.1) is 0 Å². The summed E-state index contributed by atoms with van der Waals surface area (Å²) >= 11 is 6.08. The number of sulfonamides is 1. The lowest BCUT2D eigenvalue weighted by atomic mass is 10.0. The van der Waals surface area contributed by atoms with Gasteiger partial charge < -0.3 is 10.1 Å². The van der Waals surface area contributed by atoms with Crippen molar-refractivity contribution in [1.29, 1.82) is 0 Å². The van der Waals surface area contributed by atoms with Gasteiger partial charge in [0.15, 0.2) is 5.78 Å². The molecule has 4 rings (SSSR count). The van der Waals surface area contributed by atoms with Crippen molar-refractivity contribution in [3.63, 3.8) is 0 Å². The molecular weight excluding hydrogens is 486 g/mol. The Morgan fingerprint density at radius 1 is 0.971 bits per heavy atom. The average Bonchev–Trinajstić information content (AvgIpc) is 3.18. The minimum Gasteiger partial charge on any atom is -0.379 e. The summed E-state index contributed by atoms with van der Waals surface area (Å²) in [5, 5.41) is 3.99. The van der Waals surface area contributed by atoms with Crippen LogP contribution in [0.4, 0.5) is 0 Å². The monoisotopic (exact) mass is 519 g/mol. The third-order valence-electron chi connectivity index (χ3n) is 6.72. The van der Waals surface area contributed by atoms with Crippen molar-refractivity contribution < 1.29 is 17.9 Å². The quantitative estimate of drug-likeness (QED) is 0.508. The molecular formula is C26H34ClN3O4S. The van der Waals surface area contributed by atoms with Gasteiger partial charge in [0.2, 0.25) is 10.0 Å². The Labute approximate surface area is 213 Å². The van der Waals surface area contributed by atoms with E-state index in [1.165, 1.54) is 6.07 Å². The molecule has 0 aromatic heterocycles. The Morgan fingerprint density at radius 3 is 2.34 bits per heavy atom.